The third-order valence-electron chi connectivity index (χ3n) is 2.02. The van der Waals surface area contributed by atoms with Gasteiger partial charge in [-0.15, -0.1) is 0 Å². The molecule has 1 rings (SSSR count). The highest BCUT2D eigenvalue weighted by molar-refractivity contribution is 14.1. The maximum atomic E-state index is 5.24. The first-order valence-electron chi connectivity index (χ1n) is 4.85. The van der Waals surface area contributed by atoms with Crippen LogP contribution in [0, 0.1) is 3.57 Å². The minimum Gasteiger partial charge on any atom is -0.382 e. The van der Waals surface area contributed by atoms with Crippen LogP contribution in [0.5, 0.6) is 0 Å². The SMILES string of the molecule is COCCONC(C)c1ccc(I)cc1. The van der Waals surface area contributed by atoms with Crippen molar-refractivity contribution in [1.82, 2.24) is 5.48 Å². The van der Waals surface area contributed by atoms with E-state index in [2.05, 4.69) is 59.3 Å². The van der Waals surface area contributed by atoms with Crippen molar-refractivity contribution >= 4 is 22.6 Å². The molecule has 1 aromatic carbocycles. The lowest BCUT2D eigenvalue weighted by Crippen LogP contribution is -2.21. The zero-order valence-corrected chi connectivity index (χ0v) is 11.2. The molecule has 0 heterocycles. The molecule has 0 bridgehead atoms. The highest BCUT2D eigenvalue weighted by atomic mass is 127. The molecule has 0 spiro atoms. The van der Waals surface area contributed by atoms with Crippen molar-refractivity contribution in [3.63, 3.8) is 0 Å². The molecule has 0 radical (unpaired) electrons. The van der Waals surface area contributed by atoms with E-state index in [0.717, 1.165) is 0 Å². The fourth-order valence-corrected chi connectivity index (χ4v) is 1.49. The lowest BCUT2D eigenvalue weighted by molar-refractivity contribution is -0.00924. The Hall–Kier alpha value is -0.170. The molecule has 1 aromatic rings. The number of nitrogens with one attached hydrogen (secondary N) is 1. The summed E-state index contributed by atoms with van der Waals surface area (Å²) in [7, 11) is 1.66. The summed E-state index contributed by atoms with van der Waals surface area (Å²) in [4.78, 5) is 5.24. The van der Waals surface area contributed by atoms with Crippen LogP contribution in [0.15, 0.2) is 24.3 Å². The maximum absolute atomic E-state index is 5.24. The molecule has 1 N–H and O–H groups in total. The zero-order valence-electron chi connectivity index (χ0n) is 9.00. The third-order valence-corrected chi connectivity index (χ3v) is 2.74. The minimum absolute atomic E-state index is 0.193. The van der Waals surface area contributed by atoms with Gasteiger partial charge < -0.3 is 4.74 Å². The van der Waals surface area contributed by atoms with Crippen LogP contribution < -0.4 is 5.48 Å². The van der Waals surface area contributed by atoms with Crippen molar-refractivity contribution in [1.29, 1.82) is 0 Å². The minimum atomic E-state index is 0.193. The Labute approximate surface area is 104 Å². The van der Waals surface area contributed by atoms with E-state index in [-0.39, 0.29) is 6.04 Å². The number of methoxy groups -OCH3 is 1. The van der Waals surface area contributed by atoms with Crippen molar-refractivity contribution < 1.29 is 9.57 Å². The largest absolute Gasteiger partial charge is 0.382 e. The van der Waals surface area contributed by atoms with Crippen LogP contribution in [0.25, 0.3) is 0 Å². The summed E-state index contributed by atoms with van der Waals surface area (Å²) in [6.07, 6.45) is 0. The number of ether oxygens (including phenoxy) is 1. The molecular formula is C11H16INO2. The van der Waals surface area contributed by atoms with Crippen molar-refractivity contribution in [2.24, 2.45) is 0 Å². The van der Waals surface area contributed by atoms with E-state index in [9.17, 15) is 0 Å². The Morgan fingerprint density at radius 3 is 2.53 bits per heavy atom. The van der Waals surface area contributed by atoms with E-state index in [4.69, 9.17) is 9.57 Å². The van der Waals surface area contributed by atoms with Gasteiger partial charge in [0.2, 0.25) is 0 Å². The van der Waals surface area contributed by atoms with E-state index in [0.29, 0.717) is 13.2 Å². The number of hydrogen-bond acceptors (Lipinski definition) is 3. The molecule has 0 aromatic heterocycles. The van der Waals surface area contributed by atoms with Crippen LogP contribution in [-0.2, 0) is 9.57 Å². The Balaban J connectivity index is 2.33. The maximum Gasteiger partial charge on any atom is 0.0916 e. The van der Waals surface area contributed by atoms with Crippen LogP contribution in [0.4, 0.5) is 0 Å². The Morgan fingerprint density at radius 2 is 1.93 bits per heavy atom. The standard InChI is InChI=1S/C11H16INO2/c1-9(13-15-8-7-14-2)10-3-5-11(12)6-4-10/h3-6,9,13H,7-8H2,1-2H3. The molecule has 1 unspecified atom stereocenters. The predicted molar refractivity (Wildman–Crippen MR) is 68.5 cm³/mol. The van der Waals surface area contributed by atoms with Crippen molar-refractivity contribution in [2.45, 2.75) is 13.0 Å². The van der Waals surface area contributed by atoms with Gasteiger partial charge in [-0.1, -0.05) is 12.1 Å². The molecule has 0 amide bonds. The average molecular weight is 321 g/mol. The molecule has 1 atom stereocenters. The molecule has 0 saturated heterocycles. The average Bonchev–Trinajstić information content (AvgIpc) is 2.25. The monoisotopic (exact) mass is 321 g/mol. The normalized spacial score (nSPS) is 12.7. The highest BCUT2D eigenvalue weighted by Crippen LogP contribution is 2.14. The Bertz CT molecular complexity index is 276. The van der Waals surface area contributed by atoms with E-state index < -0.39 is 0 Å². The molecule has 84 valence electrons. The number of hydroxylamine groups is 1. The smallest absolute Gasteiger partial charge is 0.0916 e. The molecule has 0 saturated carbocycles. The Morgan fingerprint density at radius 1 is 1.27 bits per heavy atom. The van der Waals surface area contributed by atoms with Gasteiger partial charge >= 0.3 is 0 Å². The van der Waals surface area contributed by atoms with E-state index in [1.807, 2.05) is 0 Å². The second-order valence-corrected chi connectivity index (χ2v) is 4.48. The topological polar surface area (TPSA) is 30.5 Å². The van der Waals surface area contributed by atoms with Gasteiger partial charge in [0.15, 0.2) is 0 Å². The molecule has 15 heavy (non-hydrogen) atoms. The zero-order chi connectivity index (χ0) is 11.1. The molecule has 0 fully saturated rings. The second-order valence-electron chi connectivity index (χ2n) is 3.23. The van der Waals surface area contributed by atoms with Gasteiger partial charge in [-0.3, -0.25) is 4.84 Å². The van der Waals surface area contributed by atoms with Crippen molar-refractivity contribution in [3.8, 4) is 0 Å². The van der Waals surface area contributed by atoms with Gasteiger partial charge in [0.1, 0.15) is 0 Å². The number of benzene rings is 1. The molecular weight excluding hydrogens is 305 g/mol. The van der Waals surface area contributed by atoms with Gasteiger partial charge in [0.25, 0.3) is 0 Å². The van der Waals surface area contributed by atoms with Gasteiger partial charge in [-0.25, -0.2) is 0 Å². The van der Waals surface area contributed by atoms with Crippen molar-refractivity contribution in [2.75, 3.05) is 20.3 Å². The van der Waals surface area contributed by atoms with Gasteiger partial charge in [0.05, 0.1) is 19.3 Å². The summed E-state index contributed by atoms with van der Waals surface area (Å²) in [5.74, 6) is 0. The number of halogens is 1. The summed E-state index contributed by atoms with van der Waals surface area (Å²) in [5.41, 5.74) is 4.19. The van der Waals surface area contributed by atoms with E-state index >= 15 is 0 Å². The summed E-state index contributed by atoms with van der Waals surface area (Å²) in [6, 6.07) is 8.56. The Kier molecular flexibility index (Phi) is 6.16. The van der Waals surface area contributed by atoms with Crippen LogP contribution in [0.2, 0.25) is 0 Å². The summed E-state index contributed by atoms with van der Waals surface area (Å²) in [6.45, 7) is 3.23. The predicted octanol–water partition coefficient (Wildman–Crippen LogP) is 2.52. The van der Waals surface area contributed by atoms with Crippen LogP contribution in [0.3, 0.4) is 0 Å². The quantitative estimate of drug-likeness (QED) is 0.496. The van der Waals surface area contributed by atoms with Gasteiger partial charge in [-0.2, -0.15) is 5.48 Å². The lowest BCUT2D eigenvalue weighted by Gasteiger charge is -2.13. The number of hydrogen-bond donors (Lipinski definition) is 1. The van der Waals surface area contributed by atoms with Gasteiger partial charge in [0, 0.05) is 10.7 Å². The van der Waals surface area contributed by atoms with Crippen molar-refractivity contribution in [3.05, 3.63) is 33.4 Å². The first kappa shape index (κ1) is 12.9. The van der Waals surface area contributed by atoms with E-state index in [1.165, 1.54) is 9.13 Å². The summed E-state index contributed by atoms with van der Waals surface area (Å²) >= 11 is 2.29. The lowest BCUT2D eigenvalue weighted by atomic mass is 10.1. The summed E-state index contributed by atoms with van der Waals surface area (Å²) < 4.78 is 6.12. The molecule has 4 heteroatoms. The summed E-state index contributed by atoms with van der Waals surface area (Å²) in [5, 5.41) is 0. The number of rotatable bonds is 6. The van der Waals surface area contributed by atoms with Crippen LogP contribution >= 0.6 is 22.6 Å². The van der Waals surface area contributed by atoms with Crippen LogP contribution in [0.1, 0.15) is 18.5 Å². The molecule has 0 aliphatic heterocycles. The first-order valence-corrected chi connectivity index (χ1v) is 5.93. The van der Waals surface area contributed by atoms with Crippen LogP contribution in [-0.4, -0.2) is 20.3 Å². The van der Waals surface area contributed by atoms with E-state index in [1.54, 1.807) is 7.11 Å². The first-order chi connectivity index (χ1) is 7.24. The molecule has 0 aliphatic rings. The molecule has 3 nitrogen and oxygen atoms in total. The fourth-order valence-electron chi connectivity index (χ4n) is 1.13. The second kappa shape index (κ2) is 7.16. The highest BCUT2D eigenvalue weighted by Gasteiger charge is 2.03. The fraction of sp³-hybridized carbons (Fsp3) is 0.455. The molecule has 0 aliphatic carbocycles. The van der Waals surface area contributed by atoms with Gasteiger partial charge in [-0.05, 0) is 47.2 Å². The third kappa shape index (κ3) is 4.92.